The lowest BCUT2D eigenvalue weighted by molar-refractivity contribution is 0.700. The summed E-state index contributed by atoms with van der Waals surface area (Å²) in [5.74, 6) is 0. The van der Waals surface area contributed by atoms with E-state index in [1.165, 1.54) is 41.6 Å². The van der Waals surface area contributed by atoms with E-state index in [2.05, 4.69) is 48.0 Å². The molecule has 3 nitrogen and oxygen atoms in total. The molecule has 22 heavy (non-hydrogen) atoms. The van der Waals surface area contributed by atoms with E-state index in [1.54, 1.807) is 0 Å². The standard InChI is InChI=1S/C19H21N3/c1-2-16-18(14-9-5-3-6-10-14)19-20-13-15-11-7-4-8-12-17(15)22(19)21-16/h3,5-6,9-10,13H,2,4,7-8,11-12H2,1H3. The maximum Gasteiger partial charge on any atom is 0.163 e. The van der Waals surface area contributed by atoms with E-state index in [0.717, 1.165) is 30.6 Å². The van der Waals surface area contributed by atoms with Crippen molar-refractivity contribution >= 4 is 5.65 Å². The van der Waals surface area contributed by atoms with E-state index >= 15 is 0 Å². The molecule has 0 atom stereocenters. The van der Waals surface area contributed by atoms with Gasteiger partial charge in [-0.2, -0.15) is 5.10 Å². The Bertz CT molecular complexity index is 802. The van der Waals surface area contributed by atoms with Gasteiger partial charge in [0.15, 0.2) is 5.65 Å². The van der Waals surface area contributed by atoms with E-state index in [-0.39, 0.29) is 0 Å². The van der Waals surface area contributed by atoms with Gasteiger partial charge < -0.3 is 0 Å². The van der Waals surface area contributed by atoms with Crippen LogP contribution in [0.15, 0.2) is 36.5 Å². The third-order valence-corrected chi connectivity index (χ3v) is 4.66. The summed E-state index contributed by atoms with van der Waals surface area (Å²) in [7, 11) is 0. The number of rotatable bonds is 2. The quantitative estimate of drug-likeness (QED) is 0.661. The van der Waals surface area contributed by atoms with Crippen LogP contribution in [0.4, 0.5) is 0 Å². The smallest absolute Gasteiger partial charge is 0.163 e. The van der Waals surface area contributed by atoms with Gasteiger partial charge in [-0.1, -0.05) is 43.7 Å². The second kappa shape index (κ2) is 5.56. The molecule has 0 fully saturated rings. The number of hydrogen-bond acceptors (Lipinski definition) is 2. The van der Waals surface area contributed by atoms with Crippen LogP contribution < -0.4 is 0 Å². The molecule has 0 amide bonds. The number of benzene rings is 1. The number of aryl methyl sites for hydroxylation is 3. The molecule has 1 aliphatic rings. The summed E-state index contributed by atoms with van der Waals surface area (Å²) >= 11 is 0. The zero-order chi connectivity index (χ0) is 14.9. The molecule has 2 heterocycles. The van der Waals surface area contributed by atoms with Crippen LogP contribution in [-0.4, -0.2) is 14.6 Å². The Kier molecular flexibility index (Phi) is 3.41. The van der Waals surface area contributed by atoms with Crippen LogP contribution in [0.1, 0.15) is 43.1 Å². The molecule has 3 aromatic rings. The monoisotopic (exact) mass is 291 g/mol. The van der Waals surface area contributed by atoms with Crippen LogP contribution >= 0.6 is 0 Å². The molecule has 112 valence electrons. The van der Waals surface area contributed by atoms with Crippen molar-refractivity contribution in [2.45, 2.75) is 45.4 Å². The molecule has 1 aromatic carbocycles. The minimum Gasteiger partial charge on any atom is -0.236 e. The Balaban J connectivity index is 1.99. The average Bonchev–Trinajstić information content (AvgIpc) is 2.78. The normalized spacial score (nSPS) is 14.8. The molecule has 0 aliphatic heterocycles. The van der Waals surface area contributed by atoms with Gasteiger partial charge in [0, 0.05) is 17.5 Å². The average molecular weight is 291 g/mol. The number of fused-ring (bicyclic) bond motifs is 3. The summed E-state index contributed by atoms with van der Waals surface area (Å²) in [6.45, 7) is 2.17. The van der Waals surface area contributed by atoms with Gasteiger partial charge >= 0.3 is 0 Å². The molecular weight excluding hydrogens is 270 g/mol. The second-order valence-electron chi connectivity index (χ2n) is 6.07. The lowest BCUT2D eigenvalue weighted by Gasteiger charge is -2.07. The van der Waals surface area contributed by atoms with Gasteiger partial charge in [0.05, 0.1) is 5.69 Å². The highest BCUT2D eigenvalue weighted by atomic mass is 15.3. The number of aromatic nitrogens is 3. The van der Waals surface area contributed by atoms with Crippen LogP contribution in [-0.2, 0) is 19.3 Å². The molecule has 2 aromatic heterocycles. The summed E-state index contributed by atoms with van der Waals surface area (Å²) < 4.78 is 2.13. The van der Waals surface area contributed by atoms with Crippen LogP contribution in [0.3, 0.4) is 0 Å². The van der Waals surface area contributed by atoms with Gasteiger partial charge in [-0.15, -0.1) is 0 Å². The maximum absolute atomic E-state index is 4.92. The third kappa shape index (κ3) is 2.12. The van der Waals surface area contributed by atoms with Crippen molar-refractivity contribution in [3.63, 3.8) is 0 Å². The minimum absolute atomic E-state index is 0.933. The van der Waals surface area contributed by atoms with Crippen molar-refractivity contribution in [3.05, 3.63) is 53.5 Å². The molecular formula is C19H21N3. The Labute approximate surface area is 131 Å². The van der Waals surface area contributed by atoms with Crippen molar-refractivity contribution in [2.24, 2.45) is 0 Å². The lowest BCUT2D eigenvalue weighted by atomic mass is 10.0. The highest BCUT2D eigenvalue weighted by molar-refractivity contribution is 5.80. The molecule has 0 spiro atoms. The van der Waals surface area contributed by atoms with Crippen molar-refractivity contribution < 1.29 is 0 Å². The molecule has 3 heteroatoms. The van der Waals surface area contributed by atoms with Crippen molar-refractivity contribution in [1.82, 2.24) is 14.6 Å². The van der Waals surface area contributed by atoms with Gasteiger partial charge in [0.25, 0.3) is 0 Å². The first-order valence-corrected chi connectivity index (χ1v) is 8.32. The van der Waals surface area contributed by atoms with E-state index in [1.807, 2.05) is 0 Å². The summed E-state index contributed by atoms with van der Waals surface area (Å²) in [6.07, 6.45) is 9.12. The van der Waals surface area contributed by atoms with E-state index in [0.29, 0.717) is 0 Å². The highest BCUT2D eigenvalue weighted by Crippen LogP contribution is 2.30. The molecule has 0 radical (unpaired) electrons. The van der Waals surface area contributed by atoms with E-state index < -0.39 is 0 Å². The van der Waals surface area contributed by atoms with Crippen molar-refractivity contribution in [1.29, 1.82) is 0 Å². The SMILES string of the molecule is CCc1nn2c3c(cnc2c1-c1ccccc1)CCCCC3. The summed E-state index contributed by atoms with van der Waals surface area (Å²) in [6, 6.07) is 10.5. The zero-order valence-electron chi connectivity index (χ0n) is 13.0. The Morgan fingerprint density at radius 2 is 1.86 bits per heavy atom. The molecule has 0 bridgehead atoms. The second-order valence-corrected chi connectivity index (χ2v) is 6.07. The molecule has 0 N–H and O–H groups in total. The Morgan fingerprint density at radius 1 is 1.05 bits per heavy atom. The van der Waals surface area contributed by atoms with E-state index in [4.69, 9.17) is 10.1 Å². The van der Waals surface area contributed by atoms with Crippen LogP contribution in [0, 0.1) is 0 Å². The van der Waals surface area contributed by atoms with Crippen molar-refractivity contribution in [3.8, 4) is 11.1 Å². The topological polar surface area (TPSA) is 30.2 Å². The molecule has 0 saturated heterocycles. The Morgan fingerprint density at radius 3 is 2.68 bits per heavy atom. The minimum atomic E-state index is 0.933. The fourth-order valence-corrected chi connectivity index (χ4v) is 3.52. The number of hydrogen-bond donors (Lipinski definition) is 0. The molecule has 0 unspecified atom stereocenters. The first-order chi connectivity index (χ1) is 10.9. The van der Waals surface area contributed by atoms with Gasteiger partial charge in [0.2, 0.25) is 0 Å². The van der Waals surface area contributed by atoms with Crippen LogP contribution in [0.2, 0.25) is 0 Å². The van der Waals surface area contributed by atoms with Crippen molar-refractivity contribution in [2.75, 3.05) is 0 Å². The van der Waals surface area contributed by atoms with E-state index in [9.17, 15) is 0 Å². The first kappa shape index (κ1) is 13.5. The Hall–Kier alpha value is -2.16. The van der Waals surface area contributed by atoms with Gasteiger partial charge in [-0.25, -0.2) is 9.50 Å². The summed E-state index contributed by atoms with van der Waals surface area (Å²) in [5, 5.41) is 4.92. The predicted molar refractivity (Wildman–Crippen MR) is 89.1 cm³/mol. The summed E-state index contributed by atoms with van der Waals surface area (Å²) in [4.78, 5) is 4.78. The lowest BCUT2D eigenvalue weighted by Crippen LogP contribution is -2.04. The number of nitrogens with zero attached hydrogens (tertiary/aromatic N) is 3. The van der Waals surface area contributed by atoms with Gasteiger partial charge in [-0.05, 0) is 43.2 Å². The largest absolute Gasteiger partial charge is 0.236 e. The molecule has 4 rings (SSSR count). The molecule has 1 aliphatic carbocycles. The third-order valence-electron chi connectivity index (χ3n) is 4.66. The van der Waals surface area contributed by atoms with Gasteiger partial charge in [0.1, 0.15) is 0 Å². The maximum atomic E-state index is 4.92. The van der Waals surface area contributed by atoms with Gasteiger partial charge in [-0.3, -0.25) is 0 Å². The van der Waals surface area contributed by atoms with Crippen LogP contribution in [0.5, 0.6) is 0 Å². The fourth-order valence-electron chi connectivity index (χ4n) is 3.52. The zero-order valence-corrected chi connectivity index (χ0v) is 13.0. The molecule has 0 saturated carbocycles. The van der Waals surface area contributed by atoms with Crippen LogP contribution in [0.25, 0.3) is 16.8 Å². The predicted octanol–water partition coefficient (Wildman–Crippen LogP) is 4.23. The first-order valence-electron chi connectivity index (χ1n) is 8.32. The fraction of sp³-hybridized carbons (Fsp3) is 0.368. The summed E-state index contributed by atoms with van der Waals surface area (Å²) in [5.41, 5.74) is 7.35. The highest BCUT2D eigenvalue weighted by Gasteiger charge is 2.19.